The molecule has 1 N–H and O–H groups in total. The highest BCUT2D eigenvalue weighted by Crippen LogP contribution is 2.14. The van der Waals surface area contributed by atoms with Crippen molar-refractivity contribution in [2.45, 2.75) is 33.1 Å². The monoisotopic (exact) mass is 355 g/mol. The van der Waals surface area contributed by atoms with Crippen molar-refractivity contribution in [3.8, 4) is 5.75 Å². The lowest BCUT2D eigenvalue weighted by molar-refractivity contribution is -0.116. The van der Waals surface area contributed by atoms with Crippen molar-refractivity contribution in [1.29, 1.82) is 0 Å². The minimum absolute atomic E-state index is 0.114. The molecule has 5 nitrogen and oxygen atoms in total. The fourth-order valence-electron chi connectivity index (χ4n) is 2.35. The molecule has 0 heterocycles. The Balaban J connectivity index is 1.76. The van der Waals surface area contributed by atoms with Crippen LogP contribution in [0.3, 0.4) is 0 Å². The Morgan fingerprint density at radius 3 is 2.62 bits per heavy atom. The first-order valence-electron chi connectivity index (χ1n) is 8.85. The molecule has 0 saturated carbocycles. The minimum atomic E-state index is -0.380. The first-order valence-corrected chi connectivity index (χ1v) is 8.85. The van der Waals surface area contributed by atoms with Crippen LogP contribution in [0.25, 0.3) is 0 Å². The van der Waals surface area contributed by atoms with Crippen molar-refractivity contribution in [2.75, 3.05) is 18.5 Å². The van der Waals surface area contributed by atoms with Crippen molar-refractivity contribution in [2.24, 2.45) is 0 Å². The SMILES string of the molecule is CCCOC(=O)c1cccc(NC(=O)CCCOc2cccc(C)c2)c1. The van der Waals surface area contributed by atoms with Gasteiger partial charge in [0, 0.05) is 12.1 Å². The number of hydrogen-bond donors (Lipinski definition) is 1. The molecule has 0 aromatic heterocycles. The number of aryl methyl sites for hydroxylation is 1. The molecule has 1 amide bonds. The number of benzene rings is 2. The van der Waals surface area contributed by atoms with Crippen LogP contribution < -0.4 is 10.1 Å². The molecule has 0 aliphatic heterocycles. The molecule has 2 aromatic carbocycles. The third-order valence-electron chi connectivity index (χ3n) is 3.63. The number of anilines is 1. The molecule has 0 bridgehead atoms. The van der Waals surface area contributed by atoms with Crippen LogP contribution in [-0.4, -0.2) is 25.1 Å². The van der Waals surface area contributed by atoms with Gasteiger partial charge in [0.05, 0.1) is 18.8 Å². The number of carbonyl (C=O) groups excluding carboxylic acids is 2. The summed E-state index contributed by atoms with van der Waals surface area (Å²) in [6.07, 6.45) is 1.72. The molecule has 0 saturated heterocycles. The zero-order valence-electron chi connectivity index (χ0n) is 15.3. The normalized spacial score (nSPS) is 10.2. The molecule has 0 aliphatic carbocycles. The highest BCUT2D eigenvalue weighted by molar-refractivity contribution is 5.94. The van der Waals surface area contributed by atoms with Gasteiger partial charge in [-0.05, 0) is 55.7 Å². The molecule has 0 spiro atoms. The van der Waals surface area contributed by atoms with Gasteiger partial charge in [-0.1, -0.05) is 25.1 Å². The van der Waals surface area contributed by atoms with Gasteiger partial charge >= 0.3 is 5.97 Å². The molecule has 2 aromatic rings. The zero-order chi connectivity index (χ0) is 18.8. The highest BCUT2D eigenvalue weighted by atomic mass is 16.5. The fraction of sp³-hybridized carbons (Fsp3) is 0.333. The summed E-state index contributed by atoms with van der Waals surface area (Å²) >= 11 is 0. The molecule has 0 aliphatic rings. The summed E-state index contributed by atoms with van der Waals surface area (Å²) in [6, 6.07) is 14.6. The largest absolute Gasteiger partial charge is 0.494 e. The van der Waals surface area contributed by atoms with Crippen molar-refractivity contribution in [3.05, 3.63) is 59.7 Å². The number of nitrogens with one attached hydrogen (secondary N) is 1. The van der Waals surface area contributed by atoms with Crippen molar-refractivity contribution in [3.63, 3.8) is 0 Å². The zero-order valence-corrected chi connectivity index (χ0v) is 15.3. The van der Waals surface area contributed by atoms with E-state index in [9.17, 15) is 9.59 Å². The summed E-state index contributed by atoms with van der Waals surface area (Å²) < 4.78 is 10.7. The number of hydrogen-bond acceptors (Lipinski definition) is 4. The molecule has 0 radical (unpaired) electrons. The van der Waals surface area contributed by atoms with Gasteiger partial charge in [0.15, 0.2) is 0 Å². The van der Waals surface area contributed by atoms with Crippen LogP contribution in [-0.2, 0) is 9.53 Å². The maximum absolute atomic E-state index is 12.0. The van der Waals surface area contributed by atoms with Crippen LogP contribution in [0.2, 0.25) is 0 Å². The Morgan fingerprint density at radius 2 is 1.85 bits per heavy atom. The summed E-state index contributed by atoms with van der Waals surface area (Å²) in [5.41, 5.74) is 2.15. The fourth-order valence-corrected chi connectivity index (χ4v) is 2.35. The van der Waals surface area contributed by atoms with Gasteiger partial charge in [-0.3, -0.25) is 4.79 Å². The Kier molecular flexibility index (Phi) is 7.68. The molecule has 0 atom stereocenters. The van der Waals surface area contributed by atoms with Crippen LogP contribution in [0.1, 0.15) is 42.1 Å². The predicted molar refractivity (Wildman–Crippen MR) is 102 cm³/mol. The Labute approximate surface area is 154 Å². The summed E-state index contributed by atoms with van der Waals surface area (Å²) in [4.78, 5) is 23.9. The summed E-state index contributed by atoms with van der Waals surface area (Å²) in [5, 5.41) is 2.80. The minimum Gasteiger partial charge on any atom is -0.494 e. The van der Waals surface area contributed by atoms with Crippen LogP contribution in [0.4, 0.5) is 5.69 Å². The van der Waals surface area contributed by atoms with Gasteiger partial charge in [0.25, 0.3) is 0 Å². The van der Waals surface area contributed by atoms with Crippen molar-refractivity contribution >= 4 is 17.6 Å². The third-order valence-corrected chi connectivity index (χ3v) is 3.63. The number of amides is 1. The van der Waals surface area contributed by atoms with Gasteiger partial charge in [-0.25, -0.2) is 4.79 Å². The number of carbonyl (C=O) groups is 2. The van der Waals surface area contributed by atoms with E-state index in [1.54, 1.807) is 24.3 Å². The first-order chi connectivity index (χ1) is 12.6. The Bertz CT molecular complexity index is 742. The number of esters is 1. The van der Waals surface area contributed by atoms with E-state index in [-0.39, 0.29) is 11.9 Å². The van der Waals surface area contributed by atoms with E-state index in [1.807, 2.05) is 38.1 Å². The Morgan fingerprint density at radius 1 is 1.04 bits per heavy atom. The average molecular weight is 355 g/mol. The quantitative estimate of drug-likeness (QED) is 0.536. The summed E-state index contributed by atoms with van der Waals surface area (Å²) in [5.74, 6) is 0.315. The summed E-state index contributed by atoms with van der Waals surface area (Å²) in [6.45, 7) is 4.80. The molecular weight excluding hydrogens is 330 g/mol. The van der Waals surface area contributed by atoms with Crippen molar-refractivity contribution < 1.29 is 19.1 Å². The van der Waals surface area contributed by atoms with Gasteiger partial charge < -0.3 is 14.8 Å². The second kappa shape index (κ2) is 10.2. The van der Waals surface area contributed by atoms with E-state index in [0.29, 0.717) is 37.3 Å². The lowest BCUT2D eigenvalue weighted by Gasteiger charge is -2.09. The van der Waals surface area contributed by atoms with E-state index >= 15 is 0 Å². The van der Waals surface area contributed by atoms with E-state index in [0.717, 1.165) is 17.7 Å². The molecule has 138 valence electrons. The Hall–Kier alpha value is -2.82. The van der Waals surface area contributed by atoms with Gasteiger partial charge in [0.1, 0.15) is 5.75 Å². The molecular formula is C21H25NO4. The second-order valence-electron chi connectivity index (χ2n) is 6.03. The van der Waals surface area contributed by atoms with Crippen LogP contribution in [0.5, 0.6) is 5.75 Å². The average Bonchev–Trinajstić information content (AvgIpc) is 2.63. The molecule has 26 heavy (non-hydrogen) atoms. The molecule has 2 rings (SSSR count). The van der Waals surface area contributed by atoms with Gasteiger partial charge in [0.2, 0.25) is 5.91 Å². The molecule has 0 fully saturated rings. The highest BCUT2D eigenvalue weighted by Gasteiger charge is 2.09. The topological polar surface area (TPSA) is 64.6 Å². The first kappa shape index (κ1) is 19.5. The number of rotatable bonds is 9. The maximum Gasteiger partial charge on any atom is 0.338 e. The summed E-state index contributed by atoms with van der Waals surface area (Å²) in [7, 11) is 0. The number of ether oxygens (including phenoxy) is 2. The van der Waals surface area contributed by atoms with E-state index in [1.165, 1.54) is 0 Å². The van der Waals surface area contributed by atoms with Crippen LogP contribution >= 0.6 is 0 Å². The van der Waals surface area contributed by atoms with E-state index in [2.05, 4.69) is 5.32 Å². The van der Waals surface area contributed by atoms with Crippen LogP contribution in [0, 0.1) is 6.92 Å². The van der Waals surface area contributed by atoms with Gasteiger partial charge in [-0.2, -0.15) is 0 Å². The smallest absolute Gasteiger partial charge is 0.338 e. The molecule has 5 heteroatoms. The maximum atomic E-state index is 12.0. The standard InChI is InChI=1S/C21H25NO4/c1-3-12-26-21(24)17-8-5-9-18(15-17)22-20(23)11-6-13-25-19-10-4-7-16(2)14-19/h4-5,7-10,14-15H,3,6,11-13H2,1-2H3,(H,22,23). The third kappa shape index (κ3) is 6.59. The second-order valence-corrected chi connectivity index (χ2v) is 6.03. The molecule has 0 unspecified atom stereocenters. The van der Waals surface area contributed by atoms with Gasteiger partial charge in [-0.15, -0.1) is 0 Å². The van der Waals surface area contributed by atoms with E-state index < -0.39 is 0 Å². The predicted octanol–water partition coefficient (Wildman–Crippen LogP) is 4.36. The lowest BCUT2D eigenvalue weighted by Crippen LogP contribution is -2.13. The van der Waals surface area contributed by atoms with Crippen LogP contribution in [0.15, 0.2) is 48.5 Å². The van der Waals surface area contributed by atoms with Crippen molar-refractivity contribution in [1.82, 2.24) is 0 Å². The lowest BCUT2D eigenvalue weighted by atomic mass is 10.2. The van der Waals surface area contributed by atoms with E-state index in [4.69, 9.17) is 9.47 Å².